The van der Waals surface area contributed by atoms with Crippen molar-refractivity contribution in [2.45, 2.75) is 32.2 Å². The lowest BCUT2D eigenvalue weighted by Gasteiger charge is -2.48. The van der Waals surface area contributed by atoms with Crippen molar-refractivity contribution in [2.24, 2.45) is 5.41 Å². The Labute approximate surface area is 153 Å². The monoisotopic (exact) mass is 368 g/mol. The molecule has 0 aromatic heterocycles. The second-order valence-corrected chi connectivity index (χ2v) is 7.79. The molecule has 0 radical (unpaired) electrons. The van der Waals surface area contributed by atoms with E-state index in [0.29, 0.717) is 36.7 Å². The van der Waals surface area contributed by atoms with Crippen LogP contribution < -0.4 is 0 Å². The van der Waals surface area contributed by atoms with E-state index in [0.717, 1.165) is 38.9 Å². The standard InChI is InChI=1S/C19H26ClFN2O2/c1-25-10-9-23-14-19(7-5-18(23)24)6-2-8-22(13-19)12-15-3-4-16(20)11-17(15)21/h3-4,11H,2,5-10,12-14H2,1H3/t19-/m1/s1. The molecule has 0 N–H and O–H groups in total. The lowest BCUT2D eigenvalue weighted by atomic mass is 9.73. The number of benzene rings is 1. The van der Waals surface area contributed by atoms with Gasteiger partial charge in [0, 0.05) is 55.7 Å². The van der Waals surface area contributed by atoms with E-state index in [4.69, 9.17) is 16.3 Å². The fraction of sp³-hybridized carbons (Fsp3) is 0.632. The fourth-order valence-electron chi connectivity index (χ4n) is 4.18. The number of nitrogens with zero attached hydrogens (tertiary/aromatic N) is 2. The number of halogens is 2. The minimum absolute atomic E-state index is 0.128. The van der Waals surface area contributed by atoms with Crippen LogP contribution in [0.15, 0.2) is 18.2 Å². The Morgan fingerprint density at radius 2 is 2.16 bits per heavy atom. The number of hydrogen-bond donors (Lipinski definition) is 0. The Morgan fingerprint density at radius 3 is 2.92 bits per heavy atom. The zero-order chi connectivity index (χ0) is 17.9. The van der Waals surface area contributed by atoms with Crippen molar-refractivity contribution in [3.8, 4) is 0 Å². The molecule has 2 fully saturated rings. The van der Waals surface area contributed by atoms with Crippen LogP contribution in [0.5, 0.6) is 0 Å². The van der Waals surface area contributed by atoms with Gasteiger partial charge in [-0.1, -0.05) is 17.7 Å². The van der Waals surface area contributed by atoms with Crippen LogP contribution in [-0.4, -0.2) is 55.6 Å². The molecule has 1 spiro atoms. The Hall–Kier alpha value is -1.17. The molecular weight excluding hydrogens is 343 g/mol. The quantitative estimate of drug-likeness (QED) is 0.799. The lowest BCUT2D eigenvalue weighted by molar-refractivity contribution is -0.140. The van der Waals surface area contributed by atoms with Crippen molar-refractivity contribution in [3.05, 3.63) is 34.6 Å². The van der Waals surface area contributed by atoms with Gasteiger partial charge in [0.15, 0.2) is 0 Å². The number of hydrogen-bond acceptors (Lipinski definition) is 3. The fourth-order valence-corrected chi connectivity index (χ4v) is 4.34. The highest BCUT2D eigenvalue weighted by atomic mass is 35.5. The molecule has 2 aliphatic heterocycles. The summed E-state index contributed by atoms with van der Waals surface area (Å²) in [5.74, 6) is -0.0174. The molecule has 1 aromatic rings. The average molecular weight is 369 g/mol. The topological polar surface area (TPSA) is 32.8 Å². The number of carbonyl (C=O) groups is 1. The van der Waals surface area contributed by atoms with Gasteiger partial charge in [-0.2, -0.15) is 0 Å². The van der Waals surface area contributed by atoms with E-state index in [1.54, 1.807) is 19.2 Å². The summed E-state index contributed by atoms with van der Waals surface area (Å²) in [6, 6.07) is 4.89. The van der Waals surface area contributed by atoms with Gasteiger partial charge in [0.25, 0.3) is 0 Å². The summed E-state index contributed by atoms with van der Waals surface area (Å²) in [6.45, 7) is 4.48. The first-order valence-corrected chi connectivity index (χ1v) is 9.32. The lowest BCUT2D eigenvalue weighted by Crippen LogP contribution is -2.54. The summed E-state index contributed by atoms with van der Waals surface area (Å²) < 4.78 is 19.2. The molecule has 0 saturated carbocycles. The SMILES string of the molecule is COCCN1C[C@]2(CCCN(Cc3ccc(Cl)cc3F)C2)CCC1=O. The van der Waals surface area contributed by atoms with Gasteiger partial charge >= 0.3 is 0 Å². The zero-order valence-electron chi connectivity index (χ0n) is 14.8. The molecule has 4 nitrogen and oxygen atoms in total. The maximum Gasteiger partial charge on any atom is 0.222 e. The van der Waals surface area contributed by atoms with Crippen LogP contribution in [0.2, 0.25) is 5.02 Å². The molecule has 1 aromatic carbocycles. The molecular formula is C19H26ClFN2O2. The molecule has 0 aliphatic carbocycles. The van der Waals surface area contributed by atoms with Gasteiger partial charge in [0.2, 0.25) is 5.91 Å². The second-order valence-electron chi connectivity index (χ2n) is 7.36. The number of piperidine rings is 2. The van der Waals surface area contributed by atoms with Gasteiger partial charge < -0.3 is 9.64 Å². The molecule has 6 heteroatoms. The molecule has 25 heavy (non-hydrogen) atoms. The first-order valence-electron chi connectivity index (χ1n) is 8.94. The summed E-state index contributed by atoms with van der Waals surface area (Å²) in [5, 5.41) is 0.427. The van der Waals surface area contributed by atoms with E-state index in [1.165, 1.54) is 6.07 Å². The second kappa shape index (κ2) is 8.02. The molecule has 1 atom stereocenters. The third-order valence-electron chi connectivity index (χ3n) is 5.46. The Kier molecular flexibility index (Phi) is 5.97. The Bertz CT molecular complexity index is 627. The number of rotatable bonds is 5. The highest BCUT2D eigenvalue weighted by Crippen LogP contribution is 2.39. The predicted molar refractivity (Wildman–Crippen MR) is 96.0 cm³/mol. The van der Waals surface area contributed by atoms with Crippen molar-refractivity contribution >= 4 is 17.5 Å². The molecule has 3 rings (SSSR count). The zero-order valence-corrected chi connectivity index (χ0v) is 15.5. The number of methoxy groups -OCH3 is 1. The summed E-state index contributed by atoms with van der Waals surface area (Å²) in [6.07, 6.45) is 3.74. The van der Waals surface area contributed by atoms with E-state index in [9.17, 15) is 9.18 Å². The summed E-state index contributed by atoms with van der Waals surface area (Å²) in [4.78, 5) is 16.4. The smallest absolute Gasteiger partial charge is 0.222 e. The van der Waals surface area contributed by atoms with E-state index in [1.807, 2.05) is 4.90 Å². The first-order chi connectivity index (χ1) is 12.0. The van der Waals surface area contributed by atoms with Crippen LogP contribution in [0.3, 0.4) is 0 Å². The van der Waals surface area contributed by atoms with Crippen LogP contribution in [0, 0.1) is 11.2 Å². The maximum atomic E-state index is 14.1. The van der Waals surface area contributed by atoms with Crippen molar-refractivity contribution < 1.29 is 13.9 Å². The number of amides is 1. The number of carbonyl (C=O) groups excluding carboxylic acids is 1. The van der Waals surface area contributed by atoms with Gasteiger partial charge in [-0.15, -0.1) is 0 Å². The van der Waals surface area contributed by atoms with Crippen molar-refractivity contribution in [1.29, 1.82) is 0 Å². The van der Waals surface area contributed by atoms with E-state index < -0.39 is 0 Å². The highest BCUT2D eigenvalue weighted by Gasteiger charge is 2.41. The van der Waals surface area contributed by atoms with E-state index in [2.05, 4.69) is 4.90 Å². The van der Waals surface area contributed by atoms with Crippen LogP contribution in [0.4, 0.5) is 4.39 Å². The van der Waals surface area contributed by atoms with Gasteiger partial charge in [-0.05, 0) is 37.9 Å². The molecule has 2 aliphatic rings. The average Bonchev–Trinajstić information content (AvgIpc) is 2.59. The minimum atomic E-state index is -0.243. The Balaban J connectivity index is 1.66. The van der Waals surface area contributed by atoms with Crippen molar-refractivity contribution in [3.63, 3.8) is 0 Å². The molecule has 0 bridgehead atoms. The van der Waals surface area contributed by atoms with Crippen LogP contribution >= 0.6 is 11.6 Å². The molecule has 2 heterocycles. The van der Waals surface area contributed by atoms with Crippen molar-refractivity contribution in [1.82, 2.24) is 9.80 Å². The van der Waals surface area contributed by atoms with Crippen molar-refractivity contribution in [2.75, 3.05) is 39.9 Å². The van der Waals surface area contributed by atoms with Crippen LogP contribution in [0.25, 0.3) is 0 Å². The van der Waals surface area contributed by atoms with Gasteiger partial charge in [-0.25, -0.2) is 4.39 Å². The van der Waals surface area contributed by atoms with Crippen LogP contribution in [-0.2, 0) is 16.1 Å². The minimum Gasteiger partial charge on any atom is -0.383 e. The van der Waals surface area contributed by atoms with Gasteiger partial charge in [-0.3, -0.25) is 9.69 Å². The number of likely N-dealkylation sites (tertiary alicyclic amines) is 2. The third kappa shape index (κ3) is 4.52. The van der Waals surface area contributed by atoms with Gasteiger partial charge in [0.05, 0.1) is 6.61 Å². The van der Waals surface area contributed by atoms with E-state index >= 15 is 0 Å². The molecule has 1 amide bonds. The third-order valence-corrected chi connectivity index (χ3v) is 5.70. The van der Waals surface area contributed by atoms with Gasteiger partial charge in [0.1, 0.15) is 5.82 Å². The number of ether oxygens (including phenoxy) is 1. The summed E-state index contributed by atoms with van der Waals surface area (Å²) in [5.41, 5.74) is 0.813. The summed E-state index contributed by atoms with van der Waals surface area (Å²) >= 11 is 5.85. The first kappa shape index (κ1) is 18.6. The highest BCUT2D eigenvalue weighted by molar-refractivity contribution is 6.30. The molecule has 138 valence electrons. The predicted octanol–water partition coefficient (Wildman–Crippen LogP) is 3.33. The summed E-state index contributed by atoms with van der Waals surface area (Å²) in [7, 11) is 1.66. The largest absolute Gasteiger partial charge is 0.383 e. The molecule has 0 unspecified atom stereocenters. The van der Waals surface area contributed by atoms with Crippen LogP contribution in [0.1, 0.15) is 31.2 Å². The Morgan fingerprint density at radius 1 is 1.32 bits per heavy atom. The normalized spacial score (nSPS) is 24.9. The maximum absolute atomic E-state index is 14.1. The van der Waals surface area contributed by atoms with E-state index in [-0.39, 0.29) is 17.1 Å². The molecule has 2 saturated heterocycles.